The SMILES string of the molecule is Clc1cccc(C(Nc2cc(N3CCCCC3)ncn2)c2ccccn2)c1. The molecule has 138 valence electrons. The van der Waals surface area contributed by atoms with Crippen LogP contribution in [0.3, 0.4) is 0 Å². The quantitative estimate of drug-likeness (QED) is 0.695. The number of aromatic nitrogens is 3. The molecule has 1 N–H and O–H groups in total. The maximum absolute atomic E-state index is 6.23. The summed E-state index contributed by atoms with van der Waals surface area (Å²) in [6.45, 7) is 2.10. The zero-order valence-corrected chi connectivity index (χ0v) is 15.8. The number of halogens is 1. The van der Waals surface area contributed by atoms with Gasteiger partial charge in [-0.2, -0.15) is 0 Å². The highest BCUT2D eigenvalue weighted by Crippen LogP contribution is 2.28. The molecule has 2 aromatic heterocycles. The average molecular weight is 380 g/mol. The molecule has 27 heavy (non-hydrogen) atoms. The van der Waals surface area contributed by atoms with Crippen LogP contribution in [0.4, 0.5) is 11.6 Å². The van der Waals surface area contributed by atoms with E-state index in [0.717, 1.165) is 36.0 Å². The van der Waals surface area contributed by atoms with Gasteiger partial charge in [0, 0.05) is 30.4 Å². The summed E-state index contributed by atoms with van der Waals surface area (Å²) in [5, 5.41) is 4.22. The second-order valence-corrected chi connectivity index (χ2v) is 7.13. The van der Waals surface area contributed by atoms with Crippen LogP contribution < -0.4 is 10.2 Å². The number of hydrogen-bond acceptors (Lipinski definition) is 5. The van der Waals surface area contributed by atoms with Crippen LogP contribution in [0.1, 0.15) is 36.6 Å². The Balaban J connectivity index is 1.64. The Labute approximate surface area is 164 Å². The standard InChI is InChI=1S/C21H22ClN5/c22-17-8-6-7-16(13-17)21(18-9-2-3-10-23-18)26-19-14-20(25-15-24-19)27-11-4-1-5-12-27/h2-3,6-10,13-15,21H,1,4-5,11-12H2,(H,24,25,26). The molecule has 6 heteroatoms. The highest BCUT2D eigenvalue weighted by molar-refractivity contribution is 6.30. The lowest BCUT2D eigenvalue weighted by atomic mass is 10.0. The molecule has 0 aliphatic carbocycles. The minimum atomic E-state index is -0.144. The molecule has 1 aromatic carbocycles. The van der Waals surface area contributed by atoms with Crippen molar-refractivity contribution in [1.82, 2.24) is 15.0 Å². The molecule has 0 amide bonds. The molecule has 1 atom stereocenters. The molecule has 0 radical (unpaired) electrons. The third-order valence-electron chi connectivity index (χ3n) is 4.79. The molecule has 1 aliphatic heterocycles. The van der Waals surface area contributed by atoms with Crippen molar-refractivity contribution in [3.8, 4) is 0 Å². The molecule has 3 aromatic rings. The molecular formula is C21H22ClN5. The Kier molecular flexibility index (Phi) is 5.49. The normalized spacial score (nSPS) is 15.4. The van der Waals surface area contributed by atoms with Gasteiger partial charge in [-0.15, -0.1) is 0 Å². The Morgan fingerprint density at radius 3 is 2.59 bits per heavy atom. The first-order valence-corrected chi connectivity index (χ1v) is 9.67. The summed E-state index contributed by atoms with van der Waals surface area (Å²) < 4.78 is 0. The van der Waals surface area contributed by atoms with E-state index in [1.165, 1.54) is 19.3 Å². The van der Waals surface area contributed by atoms with Gasteiger partial charge in [-0.3, -0.25) is 4.98 Å². The molecule has 0 saturated carbocycles. The van der Waals surface area contributed by atoms with Gasteiger partial charge in [0.15, 0.2) is 0 Å². The highest BCUT2D eigenvalue weighted by atomic mass is 35.5. The molecule has 3 heterocycles. The summed E-state index contributed by atoms with van der Waals surface area (Å²) in [5.74, 6) is 1.75. The first-order chi connectivity index (χ1) is 13.3. The lowest BCUT2D eigenvalue weighted by Gasteiger charge is -2.28. The van der Waals surface area contributed by atoms with Crippen LogP contribution in [0.2, 0.25) is 5.02 Å². The van der Waals surface area contributed by atoms with Crippen LogP contribution in [-0.4, -0.2) is 28.0 Å². The van der Waals surface area contributed by atoms with Gasteiger partial charge >= 0.3 is 0 Å². The van der Waals surface area contributed by atoms with Crippen molar-refractivity contribution in [3.63, 3.8) is 0 Å². The lowest BCUT2D eigenvalue weighted by Crippen LogP contribution is -2.30. The Morgan fingerprint density at radius 2 is 1.81 bits per heavy atom. The summed E-state index contributed by atoms with van der Waals surface area (Å²) in [5.41, 5.74) is 1.96. The predicted octanol–water partition coefficient (Wildman–Crippen LogP) is 4.72. The van der Waals surface area contributed by atoms with Gasteiger partial charge in [-0.25, -0.2) is 9.97 Å². The molecule has 1 unspecified atom stereocenters. The number of anilines is 2. The Morgan fingerprint density at radius 1 is 0.926 bits per heavy atom. The maximum atomic E-state index is 6.23. The summed E-state index contributed by atoms with van der Waals surface area (Å²) >= 11 is 6.23. The van der Waals surface area contributed by atoms with Crippen LogP contribution in [-0.2, 0) is 0 Å². The van der Waals surface area contributed by atoms with Crippen molar-refractivity contribution in [1.29, 1.82) is 0 Å². The second-order valence-electron chi connectivity index (χ2n) is 6.70. The monoisotopic (exact) mass is 379 g/mol. The second kappa shape index (κ2) is 8.35. The smallest absolute Gasteiger partial charge is 0.134 e. The van der Waals surface area contributed by atoms with Crippen molar-refractivity contribution >= 4 is 23.2 Å². The Bertz CT molecular complexity index is 881. The summed E-state index contributed by atoms with van der Waals surface area (Å²) in [6.07, 6.45) is 7.15. The van der Waals surface area contributed by atoms with Crippen molar-refractivity contribution in [3.05, 3.63) is 77.3 Å². The fourth-order valence-electron chi connectivity index (χ4n) is 3.43. The van der Waals surface area contributed by atoms with Gasteiger partial charge in [0.1, 0.15) is 18.0 Å². The highest BCUT2D eigenvalue weighted by Gasteiger charge is 2.18. The van der Waals surface area contributed by atoms with Gasteiger partial charge in [0.25, 0.3) is 0 Å². The van der Waals surface area contributed by atoms with Gasteiger partial charge < -0.3 is 10.2 Å². The van der Waals surface area contributed by atoms with Crippen molar-refractivity contribution < 1.29 is 0 Å². The number of hydrogen-bond donors (Lipinski definition) is 1. The summed E-state index contributed by atoms with van der Waals surface area (Å²) in [4.78, 5) is 15.8. The number of pyridine rings is 1. The van der Waals surface area contributed by atoms with Crippen LogP contribution in [0.5, 0.6) is 0 Å². The number of benzene rings is 1. The van der Waals surface area contributed by atoms with Crippen LogP contribution >= 0.6 is 11.6 Å². The lowest BCUT2D eigenvalue weighted by molar-refractivity contribution is 0.573. The Hall–Kier alpha value is -2.66. The van der Waals surface area contributed by atoms with Crippen LogP contribution in [0, 0.1) is 0 Å². The number of piperidine rings is 1. The van der Waals surface area contributed by atoms with Gasteiger partial charge in [-0.1, -0.05) is 29.8 Å². The van der Waals surface area contributed by atoms with Gasteiger partial charge in [0.2, 0.25) is 0 Å². The fourth-order valence-corrected chi connectivity index (χ4v) is 3.63. The molecule has 4 rings (SSSR count). The fraction of sp³-hybridized carbons (Fsp3) is 0.286. The molecular weight excluding hydrogens is 358 g/mol. The predicted molar refractivity (Wildman–Crippen MR) is 109 cm³/mol. The van der Waals surface area contributed by atoms with E-state index in [4.69, 9.17) is 11.6 Å². The van der Waals surface area contributed by atoms with Crippen LogP contribution in [0.25, 0.3) is 0 Å². The molecule has 5 nitrogen and oxygen atoms in total. The van der Waals surface area contributed by atoms with E-state index < -0.39 is 0 Å². The van der Waals surface area contributed by atoms with Crippen molar-refractivity contribution in [2.24, 2.45) is 0 Å². The van der Waals surface area contributed by atoms with Crippen molar-refractivity contribution in [2.75, 3.05) is 23.3 Å². The third kappa shape index (κ3) is 4.37. The minimum Gasteiger partial charge on any atom is -0.357 e. The minimum absolute atomic E-state index is 0.144. The van der Waals surface area contributed by atoms with E-state index in [-0.39, 0.29) is 6.04 Å². The number of nitrogens with zero attached hydrogens (tertiary/aromatic N) is 4. The van der Waals surface area contributed by atoms with E-state index in [9.17, 15) is 0 Å². The van der Waals surface area contributed by atoms with E-state index in [1.54, 1.807) is 12.5 Å². The van der Waals surface area contributed by atoms with Gasteiger partial charge in [-0.05, 0) is 49.1 Å². The van der Waals surface area contributed by atoms with E-state index in [0.29, 0.717) is 5.02 Å². The van der Waals surface area contributed by atoms with Crippen molar-refractivity contribution in [2.45, 2.75) is 25.3 Å². The summed E-state index contributed by atoms with van der Waals surface area (Å²) in [6, 6.07) is 15.6. The molecule has 0 bridgehead atoms. The maximum Gasteiger partial charge on any atom is 0.134 e. The van der Waals surface area contributed by atoms with Gasteiger partial charge in [0.05, 0.1) is 11.7 Å². The molecule has 0 spiro atoms. The first kappa shape index (κ1) is 17.7. The van der Waals surface area contributed by atoms with Crippen LogP contribution in [0.15, 0.2) is 61.1 Å². The number of rotatable bonds is 5. The zero-order chi connectivity index (χ0) is 18.5. The largest absolute Gasteiger partial charge is 0.357 e. The number of nitrogens with one attached hydrogen (secondary N) is 1. The van der Waals surface area contributed by atoms with E-state index >= 15 is 0 Å². The zero-order valence-electron chi connectivity index (χ0n) is 15.1. The van der Waals surface area contributed by atoms with E-state index in [2.05, 4.69) is 25.2 Å². The molecule has 1 aliphatic rings. The first-order valence-electron chi connectivity index (χ1n) is 9.29. The van der Waals surface area contributed by atoms with E-state index in [1.807, 2.05) is 48.5 Å². The third-order valence-corrected chi connectivity index (χ3v) is 5.03. The molecule has 1 fully saturated rings. The average Bonchev–Trinajstić information content (AvgIpc) is 2.73. The molecule has 1 saturated heterocycles. The topological polar surface area (TPSA) is 53.9 Å². The summed E-state index contributed by atoms with van der Waals surface area (Å²) in [7, 11) is 0.